The lowest BCUT2D eigenvalue weighted by atomic mass is 10.0. The molecule has 2 aromatic rings. The molecule has 3 heteroatoms. The van der Waals surface area contributed by atoms with E-state index < -0.39 is 0 Å². The molecule has 0 aromatic heterocycles. The van der Waals surface area contributed by atoms with Crippen LogP contribution in [0, 0.1) is 13.0 Å². The van der Waals surface area contributed by atoms with Gasteiger partial charge in [0.1, 0.15) is 0 Å². The summed E-state index contributed by atoms with van der Waals surface area (Å²) >= 11 is 13.1. The van der Waals surface area contributed by atoms with Gasteiger partial charge in [0.05, 0.1) is 0 Å². The Labute approximate surface area is 117 Å². The van der Waals surface area contributed by atoms with Crippen molar-refractivity contribution >= 4 is 43.5 Å². The largest absolute Gasteiger partial charge is 0.0840 e. The summed E-state index contributed by atoms with van der Waals surface area (Å²) in [5.74, 6) is 0. The van der Waals surface area contributed by atoms with Gasteiger partial charge in [0, 0.05) is 14.0 Å². The quantitative estimate of drug-likeness (QED) is 0.618. The third-order valence-electron chi connectivity index (χ3n) is 2.39. The number of hydrogen-bond acceptors (Lipinski definition) is 0. The molecule has 0 saturated carbocycles. The van der Waals surface area contributed by atoms with Crippen molar-refractivity contribution in [3.63, 3.8) is 0 Å². The van der Waals surface area contributed by atoms with E-state index in [1.165, 1.54) is 0 Å². The molecule has 2 aromatic carbocycles. The van der Waals surface area contributed by atoms with E-state index in [9.17, 15) is 0 Å². The van der Waals surface area contributed by atoms with Crippen LogP contribution in [0.2, 0.25) is 5.02 Å². The summed E-state index contributed by atoms with van der Waals surface area (Å²) in [5, 5.41) is 0.767. The van der Waals surface area contributed by atoms with Gasteiger partial charge in [-0.3, -0.25) is 0 Å². The SMILES string of the molecule is Cc1c(-c2ccc(Br)cc2Br)[c]ccc1Cl. The van der Waals surface area contributed by atoms with E-state index in [0.29, 0.717) is 0 Å². The summed E-state index contributed by atoms with van der Waals surface area (Å²) < 4.78 is 2.08. The summed E-state index contributed by atoms with van der Waals surface area (Å²) in [4.78, 5) is 0. The highest BCUT2D eigenvalue weighted by molar-refractivity contribution is 9.11. The van der Waals surface area contributed by atoms with Crippen LogP contribution in [0.1, 0.15) is 5.56 Å². The second-order valence-corrected chi connectivity index (χ2v) is 5.63. The molecule has 0 heterocycles. The number of halogens is 3. The van der Waals surface area contributed by atoms with Gasteiger partial charge in [0.2, 0.25) is 0 Å². The third-order valence-corrected chi connectivity index (χ3v) is 3.95. The topological polar surface area (TPSA) is 0 Å². The second kappa shape index (κ2) is 4.91. The molecule has 0 saturated heterocycles. The first kappa shape index (κ1) is 12.2. The minimum absolute atomic E-state index is 0.767. The first-order valence-corrected chi connectivity index (χ1v) is 6.68. The van der Waals surface area contributed by atoms with Gasteiger partial charge >= 0.3 is 0 Å². The van der Waals surface area contributed by atoms with Crippen molar-refractivity contribution in [2.24, 2.45) is 0 Å². The normalized spacial score (nSPS) is 10.5. The van der Waals surface area contributed by atoms with Crippen LogP contribution >= 0.6 is 43.5 Å². The van der Waals surface area contributed by atoms with Gasteiger partial charge in [-0.15, -0.1) is 0 Å². The van der Waals surface area contributed by atoms with Crippen LogP contribution in [0.3, 0.4) is 0 Å². The molecule has 0 nitrogen and oxygen atoms in total. The summed E-state index contributed by atoms with van der Waals surface area (Å²) in [6, 6.07) is 13.0. The smallest absolute Gasteiger partial charge is 0.0441 e. The van der Waals surface area contributed by atoms with Crippen LogP contribution in [-0.4, -0.2) is 0 Å². The first-order valence-electron chi connectivity index (χ1n) is 4.72. The Kier molecular flexibility index (Phi) is 3.73. The van der Waals surface area contributed by atoms with Gasteiger partial charge in [-0.05, 0) is 47.9 Å². The Morgan fingerprint density at radius 3 is 2.62 bits per heavy atom. The van der Waals surface area contributed by atoms with Crippen LogP contribution in [0.5, 0.6) is 0 Å². The standard InChI is InChI=1S/C13H8Br2Cl/c1-8-10(3-2-4-13(8)16)11-6-5-9(14)7-12(11)15/h2,4-7H,1H3. The monoisotopic (exact) mass is 357 g/mol. The highest BCUT2D eigenvalue weighted by Crippen LogP contribution is 2.34. The molecule has 0 unspecified atom stereocenters. The molecule has 0 N–H and O–H groups in total. The zero-order chi connectivity index (χ0) is 11.7. The zero-order valence-corrected chi connectivity index (χ0v) is 12.4. The zero-order valence-electron chi connectivity index (χ0n) is 8.52. The van der Waals surface area contributed by atoms with Crippen molar-refractivity contribution < 1.29 is 0 Å². The molecule has 0 aliphatic rings. The molecule has 1 radical (unpaired) electrons. The van der Waals surface area contributed by atoms with Crippen molar-refractivity contribution in [3.8, 4) is 11.1 Å². The Morgan fingerprint density at radius 1 is 1.19 bits per heavy atom. The van der Waals surface area contributed by atoms with E-state index in [4.69, 9.17) is 11.6 Å². The number of rotatable bonds is 1. The fraction of sp³-hybridized carbons (Fsp3) is 0.0769. The fourth-order valence-corrected chi connectivity index (χ4v) is 2.93. The third kappa shape index (κ3) is 2.34. The fourth-order valence-electron chi connectivity index (χ4n) is 1.52. The van der Waals surface area contributed by atoms with Gasteiger partial charge in [-0.2, -0.15) is 0 Å². The first-order chi connectivity index (χ1) is 7.59. The number of hydrogen-bond donors (Lipinski definition) is 0. The Bertz CT molecular complexity index is 535. The summed E-state index contributed by atoms with van der Waals surface area (Å²) in [6.07, 6.45) is 0. The molecule has 0 fully saturated rings. The highest BCUT2D eigenvalue weighted by atomic mass is 79.9. The van der Waals surface area contributed by atoms with E-state index in [1.807, 2.05) is 37.3 Å². The van der Waals surface area contributed by atoms with Crippen LogP contribution in [0.15, 0.2) is 39.3 Å². The average Bonchev–Trinajstić information content (AvgIpc) is 2.23. The summed E-state index contributed by atoms with van der Waals surface area (Å²) in [6.45, 7) is 2.00. The molecule has 0 amide bonds. The lowest BCUT2D eigenvalue weighted by molar-refractivity contribution is 1.44. The molecule has 2 rings (SSSR count). The lowest BCUT2D eigenvalue weighted by Crippen LogP contribution is -1.86. The second-order valence-electron chi connectivity index (χ2n) is 3.45. The predicted molar refractivity (Wildman–Crippen MR) is 75.9 cm³/mol. The van der Waals surface area contributed by atoms with Gasteiger partial charge in [0.25, 0.3) is 0 Å². The molecule has 0 bridgehead atoms. The van der Waals surface area contributed by atoms with Crippen molar-refractivity contribution in [2.45, 2.75) is 6.92 Å². The Hall–Kier alpha value is -0.310. The maximum Gasteiger partial charge on any atom is 0.0441 e. The molecular formula is C13H8Br2Cl. The molecular weight excluding hydrogens is 351 g/mol. The lowest BCUT2D eigenvalue weighted by Gasteiger charge is -2.09. The Balaban J connectivity index is 2.63. The van der Waals surface area contributed by atoms with Crippen LogP contribution in [0.4, 0.5) is 0 Å². The van der Waals surface area contributed by atoms with E-state index >= 15 is 0 Å². The van der Waals surface area contributed by atoms with Gasteiger partial charge in [-0.1, -0.05) is 55.6 Å². The van der Waals surface area contributed by atoms with Gasteiger partial charge in [0.15, 0.2) is 0 Å². The molecule has 0 aliphatic carbocycles. The highest BCUT2D eigenvalue weighted by Gasteiger charge is 2.08. The van der Waals surface area contributed by atoms with Crippen LogP contribution < -0.4 is 0 Å². The molecule has 0 spiro atoms. The van der Waals surface area contributed by atoms with Crippen molar-refractivity contribution in [1.29, 1.82) is 0 Å². The van der Waals surface area contributed by atoms with E-state index in [0.717, 1.165) is 30.7 Å². The molecule has 0 atom stereocenters. The number of benzene rings is 2. The summed E-state index contributed by atoms with van der Waals surface area (Å²) in [5.41, 5.74) is 3.18. The van der Waals surface area contributed by atoms with Crippen LogP contribution in [0.25, 0.3) is 11.1 Å². The summed E-state index contributed by atoms with van der Waals surface area (Å²) in [7, 11) is 0. The predicted octanol–water partition coefficient (Wildman–Crippen LogP) is 5.64. The maximum atomic E-state index is 6.10. The van der Waals surface area contributed by atoms with Crippen molar-refractivity contribution in [1.82, 2.24) is 0 Å². The van der Waals surface area contributed by atoms with Crippen molar-refractivity contribution in [3.05, 3.63) is 55.9 Å². The van der Waals surface area contributed by atoms with E-state index in [2.05, 4.69) is 37.9 Å². The Morgan fingerprint density at radius 2 is 1.94 bits per heavy atom. The molecule has 0 aliphatic heterocycles. The van der Waals surface area contributed by atoms with Gasteiger partial charge < -0.3 is 0 Å². The maximum absolute atomic E-state index is 6.10. The van der Waals surface area contributed by atoms with Gasteiger partial charge in [-0.25, -0.2) is 0 Å². The van der Waals surface area contributed by atoms with E-state index in [-0.39, 0.29) is 0 Å². The van der Waals surface area contributed by atoms with Crippen LogP contribution in [-0.2, 0) is 0 Å². The average molecular weight is 359 g/mol. The van der Waals surface area contributed by atoms with Crippen molar-refractivity contribution in [2.75, 3.05) is 0 Å². The minimum Gasteiger partial charge on any atom is -0.0840 e. The van der Waals surface area contributed by atoms with E-state index in [1.54, 1.807) is 0 Å². The molecule has 16 heavy (non-hydrogen) atoms. The molecule has 81 valence electrons. The minimum atomic E-state index is 0.767.